The summed E-state index contributed by atoms with van der Waals surface area (Å²) in [7, 11) is 0. The molecule has 1 N–H and O–H groups in total. The van der Waals surface area contributed by atoms with Gasteiger partial charge in [-0.2, -0.15) is 0 Å². The molecular weight excluding hydrogens is 411 g/mol. The van der Waals surface area contributed by atoms with E-state index in [1.54, 1.807) is 25.1 Å². The summed E-state index contributed by atoms with van der Waals surface area (Å²) < 4.78 is 25.4. The third kappa shape index (κ3) is 5.99. The molecule has 172 valence electrons. The van der Waals surface area contributed by atoms with E-state index in [2.05, 4.69) is 5.32 Å². The van der Waals surface area contributed by atoms with E-state index in [4.69, 9.17) is 9.47 Å². The summed E-state index contributed by atoms with van der Waals surface area (Å²) >= 11 is 0. The second-order valence-corrected chi connectivity index (χ2v) is 8.08. The first-order chi connectivity index (χ1) is 15.4. The van der Waals surface area contributed by atoms with Gasteiger partial charge < -0.3 is 19.7 Å². The molecule has 1 aliphatic heterocycles. The van der Waals surface area contributed by atoms with Gasteiger partial charge in [0, 0.05) is 24.6 Å². The van der Waals surface area contributed by atoms with Crippen molar-refractivity contribution in [3.8, 4) is 11.5 Å². The fourth-order valence-corrected chi connectivity index (χ4v) is 3.50. The summed E-state index contributed by atoms with van der Waals surface area (Å²) in [6.45, 7) is 6.62. The van der Waals surface area contributed by atoms with Crippen LogP contribution in [0, 0.1) is 5.82 Å². The number of amides is 2. The number of carbonyl (C=O) groups is 2. The molecule has 1 aliphatic rings. The van der Waals surface area contributed by atoms with Gasteiger partial charge in [-0.3, -0.25) is 9.59 Å². The molecule has 6 nitrogen and oxygen atoms in total. The predicted molar refractivity (Wildman–Crippen MR) is 120 cm³/mol. The van der Waals surface area contributed by atoms with Crippen LogP contribution in [0.5, 0.6) is 11.5 Å². The Kier molecular flexibility index (Phi) is 8.09. The van der Waals surface area contributed by atoms with Crippen molar-refractivity contribution in [1.82, 2.24) is 10.2 Å². The van der Waals surface area contributed by atoms with Gasteiger partial charge in [-0.25, -0.2) is 4.39 Å². The van der Waals surface area contributed by atoms with Gasteiger partial charge in [0.05, 0.1) is 0 Å². The monoisotopic (exact) mass is 442 g/mol. The zero-order chi connectivity index (χ0) is 23.1. The Balaban J connectivity index is 1.73. The third-order valence-electron chi connectivity index (χ3n) is 5.70. The first-order valence-corrected chi connectivity index (χ1v) is 11.1. The van der Waals surface area contributed by atoms with Gasteiger partial charge in [-0.1, -0.05) is 31.2 Å². The maximum absolute atomic E-state index is 14.3. The van der Waals surface area contributed by atoms with Gasteiger partial charge >= 0.3 is 0 Å². The molecule has 0 spiro atoms. The summed E-state index contributed by atoms with van der Waals surface area (Å²) in [5.41, 5.74) is 1.31. The van der Waals surface area contributed by atoms with E-state index in [9.17, 15) is 14.0 Å². The maximum Gasteiger partial charge on any atom is 0.242 e. The number of rotatable bonds is 9. The lowest BCUT2D eigenvalue weighted by Crippen LogP contribution is -2.49. The summed E-state index contributed by atoms with van der Waals surface area (Å²) in [5.74, 6) is 0.513. The average molecular weight is 443 g/mol. The summed E-state index contributed by atoms with van der Waals surface area (Å²) in [5, 5.41) is 2.92. The van der Waals surface area contributed by atoms with Crippen molar-refractivity contribution in [3.05, 3.63) is 59.4 Å². The molecule has 7 heteroatoms. The normalized spacial score (nSPS) is 14.4. The number of hydrogen-bond acceptors (Lipinski definition) is 4. The highest BCUT2D eigenvalue weighted by Gasteiger charge is 2.27. The molecule has 1 heterocycles. The number of nitrogens with zero attached hydrogens (tertiary/aromatic N) is 1. The minimum atomic E-state index is -0.726. The molecule has 0 fully saturated rings. The Morgan fingerprint density at radius 1 is 1.09 bits per heavy atom. The van der Waals surface area contributed by atoms with E-state index in [0.717, 1.165) is 12.0 Å². The van der Waals surface area contributed by atoms with E-state index in [0.29, 0.717) is 36.7 Å². The van der Waals surface area contributed by atoms with E-state index in [-0.39, 0.29) is 30.8 Å². The molecule has 0 radical (unpaired) electrons. The van der Waals surface area contributed by atoms with Gasteiger partial charge in [0.2, 0.25) is 11.8 Å². The van der Waals surface area contributed by atoms with Crippen LogP contribution in [0.4, 0.5) is 4.39 Å². The van der Waals surface area contributed by atoms with Crippen molar-refractivity contribution in [1.29, 1.82) is 0 Å². The molecule has 0 saturated carbocycles. The fraction of sp³-hybridized carbons (Fsp3) is 0.440. The second-order valence-electron chi connectivity index (χ2n) is 8.08. The third-order valence-corrected chi connectivity index (χ3v) is 5.70. The van der Waals surface area contributed by atoms with Crippen LogP contribution in [-0.2, 0) is 22.6 Å². The molecule has 2 aromatic carbocycles. The number of ether oxygens (including phenoxy) is 2. The Morgan fingerprint density at radius 2 is 1.81 bits per heavy atom. The standard InChI is InChI=1S/C25H31FN2O4/c1-4-17(2)27-25(30)18(3)28(16-20-7-5-6-8-21(20)26)24(29)12-10-19-9-11-22-23(15-19)32-14-13-31-22/h5-9,11,15,17-18H,4,10,12-14,16H2,1-3H3,(H,27,30)/t17-,18-/m1/s1. The molecule has 0 aliphatic carbocycles. The average Bonchev–Trinajstić information content (AvgIpc) is 2.81. The van der Waals surface area contributed by atoms with Crippen LogP contribution in [-0.4, -0.2) is 42.0 Å². The van der Waals surface area contributed by atoms with Crippen LogP contribution >= 0.6 is 0 Å². The van der Waals surface area contributed by atoms with Crippen LogP contribution in [0.15, 0.2) is 42.5 Å². The topological polar surface area (TPSA) is 67.9 Å². The Morgan fingerprint density at radius 3 is 2.53 bits per heavy atom. The van der Waals surface area contributed by atoms with Gasteiger partial charge in [-0.05, 0) is 50.5 Å². The smallest absolute Gasteiger partial charge is 0.242 e. The predicted octanol–water partition coefficient (Wildman–Crippen LogP) is 3.86. The molecule has 0 aromatic heterocycles. The largest absolute Gasteiger partial charge is 0.486 e. The van der Waals surface area contributed by atoms with Crippen molar-refractivity contribution in [2.45, 2.75) is 58.7 Å². The zero-order valence-corrected chi connectivity index (χ0v) is 18.9. The number of fused-ring (bicyclic) bond motifs is 1. The second kappa shape index (κ2) is 11.0. The van der Waals surface area contributed by atoms with Gasteiger partial charge in [0.1, 0.15) is 25.1 Å². The van der Waals surface area contributed by atoms with Gasteiger partial charge in [-0.15, -0.1) is 0 Å². The number of hydrogen-bond donors (Lipinski definition) is 1. The van der Waals surface area contributed by atoms with Crippen LogP contribution in [0.2, 0.25) is 0 Å². The zero-order valence-electron chi connectivity index (χ0n) is 18.9. The SMILES string of the molecule is CC[C@@H](C)NC(=O)[C@@H](C)N(Cc1ccccc1F)C(=O)CCc1ccc2c(c1)OCCO2. The Labute approximate surface area is 188 Å². The molecule has 3 rings (SSSR count). The highest BCUT2D eigenvalue weighted by atomic mass is 19.1. The van der Waals surface area contributed by atoms with E-state index in [1.807, 2.05) is 32.0 Å². The highest BCUT2D eigenvalue weighted by Crippen LogP contribution is 2.31. The lowest BCUT2D eigenvalue weighted by molar-refractivity contribution is -0.140. The van der Waals surface area contributed by atoms with Crippen molar-refractivity contribution in [2.24, 2.45) is 0 Å². The van der Waals surface area contributed by atoms with Crippen LogP contribution in [0.3, 0.4) is 0 Å². The number of nitrogens with one attached hydrogen (secondary N) is 1. The fourth-order valence-electron chi connectivity index (χ4n) is 3.50. The first kappa shape index (κ1) is 23.6. The summed E-state index contributed by atoms with van der Waals surface area (Å²) in [6, 6.07) is 11.2. The quantitative estimate of drug-likeness (QED) is 0.640. The van der Waals surface area contributed by atoms with Crippen molar-refractivity contribution < 1.29 is 23.5 Å². The Hall–Kier alpha value is -3.09. The molecule has 0 saturated heterocycles. The number of carbonyl (C=O) groups excluding carboxylic acids is 2. The van der Waals surface area contributed by atoms with E-state index >= 15 is 0 Å². The Bertz CT molecular complexity index is 949. The van der Waals surface area contributed by atoms with Crippen molar-refractivity contribution in [3.63, 3.8) is 0 Å². The first-order valence-electron chi connectivity index (χ1n) is 11.1. The maximum atomic E-state index is 14.3. The highest BCUT2D eigenvalue weighted by molar-refractivity contribution is 5.87. The van der Waals surface area contributed by atoms with Crippen LogP contribution in [0.25, 0.3) is 0 Å². The van der Waals surface area contributed by atoms with Crippen LogP contribution in [0.1, 0.15) is 44.7 Å². The minimum absolute atomic E-state index is 0.00641. The van der Waals surface area contributed by atoms with Gasteiger partial charge in [0.25, 0.3) is 0 Å². The number of aryl methyl sites for hydroxylation is 1. The molecule has 2 atom stereocenters. The lowest BCUT2D eigenvalue weighted by Gasteiger charge is -2.30. The van der Waals surface area contributed by atoms with E-state index in [1.165, 1.54) is 11.0 Å². The van der Waals surface area contributed by atoms with Crippen molar-refractivity contribution in [2.75, 3.05) is 13.2 Å². The molecule has 32 heavy (non-hydrogen) atoms. The molecular formula is C25H31FN2O4. The summed E-state index contributed by atoms with van der Waals surface area (Å²) in [4.78, 5) is 27.4. The summed E-state index contributed by atoms with van der Waals surface area (Å²) in [6.07, 6.45) is 1.45. The van der Waals surface area contributed by atoms with E-state index < -0.39 is 11.9 Å². The number of benzene rings is 2. The van der Waals surface area contributed by atoms with Crippen LogP contribution < -0.4 is 14.8 Å². The van der Waals surface area contributed by atoms with Gasteiger partial charge in [0.15, 0.2) is 11.5 Å². The molecule has 2 aromatic rings. The molecule has 0 unspecified atom stereocenters. The molecule has 0 bridgehead atoms. The lowest BCUT2D eigenvalue weighted by atomic mass is 10.1. The minimum Gasteiger partial charge on any atom is -0.486 e. The molecule has 2 amide bonds. The number of halogens is 1. The van der Waals surface area contributed by atoms with Crippen molar-refractivity contribution >= 4 is 11.8 Å².